The van der Waals surface area contributed by atoms with Crippen LogP contribution in [0.15, 0.2) is 18.2 Å². The number of nitrogens with zero attached hydrogens (tertiary/aromatic N) is 1. The summed E-state index contributed by atoms with van der Waals surface area (Å²) in [6.07, 6.45) is -1.07. The van der Waals surface area contributed by atoms with Crippen LogP contribution in [0, 0.1) is 0 Å². The SMILES string of the molecule is O=C(O)N1Cc2cccc(OC(F)F)c2C1. The highest BCUT2D eigenvalue weighted by Gasteiger charge is 2.26. The van der Waals surface area contributed by atoms with Crippen LogP contribution in [0.1, 0.15) is 11.1 Å². The first kappa shape index (κ1) is 10.7. The van der Waals surface area contributed by atoms with Crippen LogP contribution < -0.4 is 4.74 Å². The molecule has 1 aliphatic rings. The molecule has 1 aromatic carbocycles. The van der Waals surface area contributed by atoms with Crippen molar-refractivity contribution >= 4 is 6.09 Å². The number of amides is 1. The van der Waals surface area contributed by atoms with Gasteiger partial charge in [-0.25, -0.2) is 4.79 Å². The average molecular weight is 229 g/mol. The summed E-state index contributed by atoms with van der Waals surface area (Å²) in [6, 6.07) is 4.69. The predicted octanol–water partition coefficient (Wildman–Crippen LogP) is 2.28. The second kappa shape index (κ2) is 3.96. The minimum atomic E-state index is -2.90. The molecule has 0 bridgehead atoms. The molecule has 1 aliphatic heterocycles. The van der Waals surface area contributed by atoms with Crippen LogP contribution in [0.25, 0.3) is 0 Å². The van der Waals surface area contributed by atoms with E-state index in [1.807, 2.05) is 0 Å². The van der Waals surface area contributed by atoms with E-state index in [4.69, 9.17) is 5.11 Å². The van der Waals surface area contributed by atoms with Crippen LogP contribution in [0.5, 0.6) is 5.75 Å². The van der Waals surface area contributed by atoms with Crippen molar-refractivity contribution in [1.29, 1.82) is 0 Å². The van der Waals surface area contributed by atoms with Gasteiger partial charge in [0.25, 0.3) is 0 Å². The van der Waals surface area contributed by atoms with Crippen molar-refractivity contribution in [3.8, 4) is 5.75 Å². The molecule has 0 saturated carbocycles. The molecule has 0 aliphatic carbocycles. The highest BCUT2D eigenvalue weighted by atomic mass is 19.3. The lowest BCUT2D eigenvalue weighted by molar-refractivity contribution is -0.0505. The lowest BCUT2D eigenvalue weighted by Crippen LogP contribution is -2.22. The topological polar surface area (TPSA) is 49.8 Å². The minimum absolute atomic E-state index is 0.0521. The molecule has 1 aromatic rings. The number of ether oxygens (including phenoxy) is 1. The maximum atomic E-state index is 12.1. The zero-order valence-corrected chi connectivity index (χ0v) is 8.19. The number of halogens is 2. The normalized spacial score (nSPS) is 14.1. The van der Waals surface area contributed by atoms with Gasteiger partial charge >= 0.3 is 12.7 Å². The minimum Gasteiger partial charge on any atom is -0.465 e. The lowest BCUT2D eigenvalue weighted by atomic mass is 10.1. The Labute approximate surface area is 90.0 Å². The van der Waals surface area contributed by atoms with Crippen molar-refractivity contribution in [3.63, 3.8) is 0 Å². The van der Waals surface area contributed by atoms with Crippen molar-refractivity contribution < 1.29 is 23.4 Å². The van der Waals surface area contributed by atoms with Gasteiger partial charge in [-0.05, 0) is 11.6 Å². The fourth-order valence-corrected chi connectivity index (χ4v) is 1.73. The Hall–Kier alpha value is -1.85. The predicted molar refractivity (Wildman–Crippen MR) is 50.3 cm³/mol. The zero-order valence-electron chi connectivity index (χ0n) is 8.19. The third kappa shape index (κ3) is 1.91. The summed E-state index contributed by atoms with van der Waals surface area (Å²) in [7, 11) is 0. The molecule has 1 heterocycles. The molecule has 2 rings (SSSR count). The van der Waals surface area contributed by atoms with Gasteiger partial charge in [0.05, 0.1) is 6.54 Å². The zero-order chi connectivity index (χ0) is 11.7. The van der Waals surface area contributed by atoms with Crippen molar-refractivity contribution in [2.24, 2.45) is 0 Å². The second-order valence-corrected chi connectivity index (χ2v) is 3.41. The number of fused-ring (bicyclic) bond motifs is 1. The number of rotatable bonds is 2. The summed E-state index contributed by atoms with van der Waals surface area (Å²) in [5, 5.41) is 8.80. The van der Waals surface area contributed by atoms with Crippen LogP contribution in [-0.2, 0) is 13.1 Å². The number of hydrogen-bond acceptors (Lipinski definition) is 2. The molecule has 1 amide bonds. The molecule has 0 saturated heterocycles. The van der Waals surface area contributed by atoms with Gasteiger partial charge < -0.3 is 9.84 Å². The third-order valence-electron chi connectivity index (χ3n) is 2.43. The molecule has 0 atom stereocenters. The van der Waals surface area contributed by atoms with E-state index in [1.54, 1.807) is 12.1 Å². The molecular formula is C10H9F2NO3. The maximum absolute atomic E-state index is 12.1. The van der Waals surface area contributed by atoms with E-state index in [9.17, 15) is 13.6 Å². The van der Waals surface area contributed by atoms with Gasteiger partial charge in [-0.15, -0.1) is 0 Å². The van der Waals surface area contributed by atoms with Crippen LogP contribution in [0.2, 0.25) is 0 Å². The van der Waals surface area contributed by atoms with E-state index in [2.05, 4.69) is 4.74 Å². The number of alkyl halides is 2. The molecule has 6 heteroatoms. The number of hydrogen-bond donors (Lipinski definition) is 1. The van der Waals surface area contributed by atoms with E-state index in [0.29, 0.717) is 11.1 Å². The molecule has 16 heavy (non-hydrogen) atoms. The van der Waals surface area contributed by atoms with Crippen LogP contribution in [0.3, 0.4) is 0 Å². The summed E-state index contributed by atoms with van der Waals surface area (Å²) < 4.78 is 28.5. The van der Waals surface area contributed by atoms with Crippen molar-refractivity contribution in [2.75, 3.05) is 0 Å². The Balaban J connectivity index is 2.27. The fraction of sp³-hybridized carbons (Fsp3) is 0.300. The Morgan fingerprint density at radius 1 is 1.44 bits per heavy atom. The van der Waals surface area contributed by atoms with Gasteiger partial charge in [0.2, 0.25) is 0 Å². The Morgan fingerprint density at radius 2 is 2.19 bits per heavy atom. The summed E-state index contributed by atoms with van der Waals surface area (Å²) in [5.74, 6) is 0.0521. The molecule has 0 radical (unpaired) electrons. The highest BCUT2D eigenvalue weighted by Crippen LogP contribution is 2.31. The van der Waals surface area contributed by atoms with Crippen molar-refractivity contribution in [1.82, 2.24) is 4.90 Å². The van der Waals surface area contributed by atoms with Gasteiger partial charge in [0, 0.05) is 12.1 Å². The maximum Gasteiger partial charge on any atom is 0.407 e. The molecule has 0 spiro atoms. The van der Waals surface area contributed by atoms with Crippen LogP contribution >= 0.6 is 0 Å². The average Bonchev–Trinajstić information content (AvgIpc) is 2.61. The summed E-state index contributed by atoms with van der Waals surface area (Å²) in [5.41, 5.74) is 1.23. The van der Waals surface area contributed by atoms with Crippen LogP contribution in [0.4, 0.5) is 13.6 Å². The first-order valence-electron chi connectivity index (χ1n) is 4.61. The molecule has 86 valence electrons. The first-order chi connectivity index (χ1) is 7.58. The number of carboxylic acid groups (broad SMARTS) is 1. The molecule has 0 fully saturated rings. The Morgan fingerprint density at radius 3 is 2.81 bits per heavy atom. The molecule has 1 N–H and O–H groups in total. The van der Waals surface area contributed by atoms with E-state index in [0.717, 1.165) is 4.90 Å². The monoisotopic (exact) mass is 229 g/mol. The van der Waals surface area contributed by atoms with E-state index in [-0.39, 0.29) is 18.8 Å². The van der Waals surface area contributed by atoms with Gasteiger partial charge in [-0.1, -0.05) is 12.1 Å². The fourth-order valence-electron chi connectivity index (χ4n) is 1.73. The van der Waals surface area contributed by atoms with Crippen LogP contribution in [-0.4, -0.2) is 22.7 Å². The Kier molecular flexibility index (Phi) is 2.64. The lowest BCUT2D eigenvalue weighted by Gasteiger charge is -2.10. The third-order valence-corrected chi connectivity index (χ3v) is 2.43. The Bertz CT molecular complexity index is 423. The second-order valence-electron chi connectivity index (χ2n) is 3.41. The number of benzene rings is 1. The first-order valence-corrected chi connectivity index (χ1v) is 4.61. The highest BCUT2D eigenvalue weighted by molar-refractivity contribution is 5.67. The number of carbonyl (C=O) groups is 1. The summed E-state index contributed by atoms with van der Waals surface area (Å²) in [6.45, 7) is -2.59. The van der Waals surface area contributed by atoms with Crippen molar-refractivity contribution in [3.05, 3.63) is 29.3 Å². The molecule has 4 nitrogen and oxygen atoms in total. The van der Waals surface area contributed by atoms with E-state index >= 15 is 0 Å². The van der Waals surface area contributed by atoms with Gasteiger partial charge in [0.15, 0.2) is 0 Å². The van der Waals surface area contributed by atoms with Gasteiger partial charge in [-0.3, -0.25) is 4.90 Å². The summed E-state index contributed by atoms with van der Waals surface area (Å²) >= 11 is 0. The smallest absolute Gasteiger partial charge is 0.407 e. The quantitative estimate of drug-likeness (QED) is 0.846. The molecule has 0 unspecified atom stereocenters. The van der Waals surface area contributed by atoms with Gasteiger partial charge in [-0.2, -0.15) is 8.78 Å². The molecule has 0 aromatic heterocycles. The van der Waals surface area contributed by atoms with E-state index in [1.165, 1.54) is 6.07 Å². The molecular weight excluding hydrogens is 220 g/mol. The standard InChI is InChI=1S/C10H9F2NO3/c11-9(12)16-8-3-1-2-6-4-13(10(14)15)5-7(6)8/h1-3,9H,4-5H2,(H,14,15). The van der Waals surface area contributed by atoms with Crippen molar-refractivity contribution in [2.45, 2.75) is 19.7 Å². The van der Waals surface area contributed by atoms with Gasteiger partial charge in [0.1, 0.15) is 5.75 Å². The summed E-state index contributed by atoms with van der Waals surface area (Å²) in [4.78, 5) is 11.9. The van der Waals surface area contributed by atoms with E-state index < -0.39 is 12.7 Å². The largest absolute Gasteiger partial charge is 0.465 e.